The third kappa shape index (κ3) is 5.43. The zero-order chi connectivity index (χ0) is 32.3. The summed E-state index contributed by atoms with van der Waals surface area (Å²) < 4.78 is 18.8. The van der Waals surface area contributed by atoms with E-state index in [1.54, 1.807) is 11.9 Å². The number of carbonyl (C=O) groups is 1. The number of aliphatic hydroxyl groups is 1. The summed E-state index contributed by atoms with van der Waals surface area (Å²) in [5, 5.41) is 13.8. The maximum absolute atomic E-state index is 15.3. The van der Waals surface area contributed by atoms with Gasteiger partial charge in [0.15, 0.2) is 5.82 Å². The van der Waals surface area contributed by atoms with Gasteiger partial charge in [0.25, 0.3) is 11.5 Å². The highest BCUT2D eigenvalue weighted by Crippen LogP contribution is 2.40. The van der Waals surface area contributed by atoms with Gasteiger partial charge in [-0.05, 0) is 98.6 Å². The zero-order valence-electron chi connectivity index (χ0n) is 26.9. The Morgan fingerprint density at radius 1 is 1.00 bits per heavy atom. The number of amides is 1. The second kappa shape index (κ2) is 11.5. The third-order valence-corrected chi connectivity index (χ3v) is 9.98. The van der Waals surface area contributed by atoms with Crippen molar-refractivity contribution in [3.63, 3.8) is 0 Å². The number of piperidine rings is 1. The fraction of sp³-hybridized carbons (Fsp3) is 0.417. The van der Waals surface area contributed by atoms with Crippen LogP contribution in [0.3, 0.4) is 0 Å². The van der Waals surface area contributed by atoms with Crippen molar-refractivity contribution in [1.82, 2.24) is 19.0 Å². The molecule has 0 spiro atoms. The maximum Gasteiger partial charge on any atom is 0.293 e. The first kappa shape index (κ1) is 30.4. The molecule has 0 atom stereocenters. The van der Waals surface area contributed by atoms with E-state index in [0.29, 0.717) is 47.2 Å². The van der Waals surface area contributed by atoms with E-state index in [1.807, 2.05) is 18.2 Å². The first-order valence-corrected chi connectivity index (χ1v) is 16.1. The lowest BCUT2D eigenvalue weighted by Crippen LogP contribution is -2.41. The van der Waals surface area contributed by atoms with Gasteiger partial charge in [0.05, 0.1) is 18.0 Å². The van der Waals surface area contributed by atoms with Gasteiger partial charge in [0, 0.05) is 48.8 Å². The number of nitrogens with one attached hydrogen (secondary N) is 1. The molecule has 46 heavy (non-hydrogen) atoms. The normalized spacial score (nSPS) is 18.1. The number of benzene rings is 2. The van der Waals surface area contributed by atoms with Crippen molar-refractivity contribution in [3.05, 3.63) is 92.9 Å². The smallest absolute Gasteiger partial charge is 0.293 e. The van der Waals surface area contributed by atoms with Crippen LogP contribution in [-0.4, -0.2) is 56.7 Å². The SMILES string of the molecule is CN1CCC(c2ccc(Nc3nc(-c4cc(F)cc(N5CCn6c(cc7c6CC(C)(C)C7)C5=O)c4CO)cn(C)c3=O)cc2)CC1. The van der Waals surface area contributed by atoms with Gasteiger partial charge in [-0.2, -0.15) is 0 Å². The summed E-state index contributed by atoms with van der Waals surface area (Å²) in [7, 11) is 3.76. The topological polar surface area (TPSA) is 95.6 Å². The van der Waals surface area contributed by atoms with Gasteiger partial charge in [0.2, 0.25) is 0 Å². The van der Waals surface area contributed by atoms with Crippen LogP contribution < -0.4 is 15.8 Å². The Morgan fingerprint density at radius 3 is 2.46 bits per heavy atom. The molecule has 1 aliphatic carbocycles. The van der Waals surface area contributed by atoms with E-state index in [1.165, 1.54) is 39.7 Å². The van der Waals surface area contributed by atoms with Crippen molar-refractivity contribution in [1.29, 1.82) is 0 Å². The Bertz CT molecular complexity index is 1890. The first-order chi connectivity index (χ1) is 22.0. The highest BCUT2D eigenvalue weighted by molar-refractivity contribution is 6.07. The van der Waals surface area contributed by atoms with Crippen molar-refractivity contribution < 1.29 is 14.3 Å². The van der Waals surface area contributed by atoms with Crippen LogP contribution in [-0.2, 0) is 33.0 Å². The standard InChI is InChI=1S/C36H41FN6O3/c1-36(2)18-24-15-31-34(45)43(14-13-42(31)32(24)19-36)30-17-25(37)16-27(28(30)21-44)29-20-41(4)35(46)33(39-29)38-26-7-5-22(6-8-26)23-9-11-40(3)12-10-23/h5-8,15-17,20,23,44H,9-14,18-19,21H2,1-4H3,(H,38,39). The van der Waals surface area contributed by atoms with Gasteiger partial charge >= 0.3 is 0 Å². The number of likely N-dealkylation sites (tertiary alicyclic amines) is 1. The van der Waals surface area contributed by atoms with Crippen LogP contribution in [0.15, 0.2) is 53.5 Å². The lowest BCUT2D eigenvalue weighted by molar-refractivity contribution is 0.0963. The van der Waals surface area contributed by atoms with Crippen molar-refractivity contribution in [2.24, 2.45) is 12.5 Å². The molecule has 2 aliphatic heterocycles. The number of aromatic nitrogens is 3. The molecule has 2 aromatic carbocycles. The zero-order valence-corrected chi connectivity index (χ0v) is 26.9. The molecule has 3 aliphatic rings. The average molecular weight is 625 g/mol. The van der Waals surface area contributed by atoms with E-state index in [0.717, 1.165) is 44.5 Å². The Hall–Kier alpha value is -4.28. The molecule has 0 bridgehead atoms. The highest BCUT2D eigenvalue weighted by Gasteiger charge is 2.37. The van der Waals surface area contributed by atoms with Crippen molar-refractivity contribution in [2.45, 2.75) is 58.6 Å². The van der Waals surface area contributed by atoms with E-state index in [2.05, 4.69) is 52.8 Å². The Balaban J connectivity index is 1.20. The lowest BCUT2D eigenvalue weighted by Gasteiger charge is -2.32. The van der Waals surface area contributed by atoms with Crippen LogP contribution >= 0.6 is 0 Å². The second-order valence-electron chi connectivity index (χ2n) is 14.0. The summed E-state index contributed by atoms with van der Waals surface area (Å²) >= 11 is 0. The molecule has 1 fully saturated rings. The first-order valence-electron chi connectivity index (χ1n) is 16.1. The molecular formula is C36H41FN6O3. The lowest BCUT2D eigenvalue weighted by atomic mass is 9.89. The summed E-state index contributed by atoms with van der Waals surface area (Å²) in [6, 6.07) is 12.7. The number of carbonyl (C=O) groups excluding carboxylic acids is 1. The minimum Gasteiger partial charge on any atom is -0.392 e. The van der Waals surface area contributed by atoms with Crippen LogP contribution in [0.25, 0.3) is 11.3 Å². The minimum absolute atomic E-state index is 0.0889. The van der Waals surface area contributed by atoms with Gasteiger partial charge in [-0.3, -0.25) is 9.59 Å². The van der Waals surface area contributed by atoms with E-state index in [-0.39, 0.29) is 22.7 Å². The highest BCUT2D eigenvalue weighted by atomic mass is 19.1. The molecule has 7 rings (SSSR count). The van der Waals surface area contributed by atoms with Gasteiger partial charge in [-0.25, -0.2) is 9.37 Å². The van der Waals surface area contributed by atoms with E-state index in [9.17, 15) is 14.7 Å². The number of aryl methyl sites for hydroxylation is 1. The molecule has 0 unspecified atom stereocenters. The van der Waals surface area contributed by atoms with Crippen molar-refractivity contribution >= 4 is 23.1 Å². The average Bonchev–Trinajstić information content (AvgIpc) is 3.52. The number of hydrogen-bond donors (Lipinski definition) is 2. The van der Waals surface area contributed by atoms with Crippen molar-refractivity contribution in [2.75, 3.05) is 36.9 Å². The van der Waals surface area contributed by atoms with Gasteiger partial charge in [0.1, 0.15) is 11.5 Å². The second-order valence-corrected chi connectivity index (χ2v) is 14.0. The number of rotatable bonds is 6. The fourth-order valence-electron chi connectivity index (χ4n) is 7.53. The summed E-state index contributed by atoms with van der Waals surface area (Å²) in [4.78, 5) is 35.5. The van der Waals surface area contributed by atoms with E-state index >= 15 is 4.39 Å². The summed E-state index contributed by atoms with van der Waals surface area (Å²) in [5.41, 5.74) is 6.15. The largest absolute Gasteiger partial charge is 0.392 e. The molecule has 0 radical (unpaired) electrons. The van der Waals surface area contributed by atoms with Crippen LogP contribution in [0.5, 0.6) is 0 Å². The predicted octanol–water partition coefficient (Wildman–Crippen LogP) is 5.22. The maximum atomic E-state index is 15.3. The summed E-state index contributed by atoms with van der Waals surface area (Å²) in [5.74, 6) is -0.173. The molecule has 9 nitrogen and oxygen atoms in total. The molecule has 0 saturated carbocycles. The minimum atomic E-state index is -0.560. The third-order valence-electron chi connectivity index (χ3n) is 9.98. The number of nitrogens with zero attached hydrogens (tertiary/aromatic N) is 5. The number of anilines is 3. The molecular weight excluding hydrogens is 583 g/mol. The monoisotopic (exact) mass is 624 g/mol. The summed E-state index contributed by atoms with van der Waals surface area (Å²) in [6.45, 7) is 7.13. The molecule has 1 amide bonds. The predicted molar refractivity (Wildman–Crippen MR) is 177 cm³/mol. The number of fused-ring (bicyclic) bond motifs is 3. The Kier molecular flexibility index (Phi) is 7.60. The molecule has 1 saturated heterocycles. The van der Waals surface area contributed by atoms with E-state index < -0.39 is 12.4 Å². The molecule has 2 N–H and O–H groups in total. The van der Waals surface area contributed by atoms with Crippen LogP contribution in [0, 0.1) is 11.2 Å². The number of halogens is 1. The molecule has 240 valence electrons. The molecule has 4 heterocycles. The molecule has 2 aromatic heterocycles. The van der Waals surface area contributed by atoms with Crippen molar-refractivity contribution in [3.8, 4) is 11.3 Å². The number of aliphatic hydroxyl groups excluding tert-OH is 1. The fourth-order valence-corrected chi connectivity index (χ4v) is 7.53. The molecule has 10 heteroatoms. The number of hydrogen-bond acceptors (Lipinski definition) is 6. The van der Waals surface area contributed by atoms with Crippen LogP contribution in [0.4, 0.5) is 21.6 Å². The van der Waals surface area contributed by atoms with Gasteiger partial charge in [-0.1, -0.05) is 26.0 Å². The summed E-state index contributed by atoms with van der Waals surface area (Å²) in [6.07, 6.45) is 5.60. The molecule has 4 aromatic rings. The van der Waals surface area contributed by atoms with E-state index in [4.69, 9.17) is 0 Å². The van der Waals surface area contributed by atoms with Crippen LogP contribution in [0.1, 0.15) is 65.5 Å². The quantitative estimate of drug-likeness (QED) is 0.306. The Morgan fingerprint density at radius 2 is 1.74 bits per heavy atom. The van der Waals surface area contributed by atoms with Crippen LogP contribution in [0.2, 0.25) is 0 Å². The Labute approximate surface area is 268 Å². The van der Waals surface area contributed by atoms with Gasteiger partial charge in [-0.15, -0.1) is 0 Å². The van der Waals surface area contributed by atoms with Gasteiger partial charge < -0.3 is 29.4 Å².